The van der Waals surface area contributed by atoms with Crippen LogP contribution < -0.4 is 5.73 Å². The molecule has 1 unspecified atom stereocenters. The van der Waals surface area contributed by atoms with Crippen LogP contribution in [-0.4, -0.2) is 26.4 Å². The van der Waals surface area contributed by atoms with E-state index in [4.69, 9.17) is 14.9 Å². The molecule has 0 aromatic carbocycles. The van der Waals surface area contributed by atoms with Crippen LogP contribution in [0.25, 0.3) is 15.7 Å². The van der Waals surface area contributed by atoms with Crippen molar-refractivity contribution in [3.63, 3.8) is 0 Å². The van der Waals surface area contributed by atoms with Gasteiger partial charge in [-0.1, -0.05) is 11.3 Å². The van der Waals surface area contributed by atoms with Crippen LogP contribution in [-0.2, 0) is 11.3 Å². The predicted octanol–water partition coefficient (Wildman–Crippen LogP) is 1.76. The van der Waals surface area contributed by atoms with E-state index in [1.807, 2.05) is 12.1 Å². The summed E-state index contributed by atoms with van der Waals surface area (Å²) in [6, 6.07) is 3.73. The maximum Gasteiger partial charge on any atom is 0.235 e. The zero-order chi connectivity index (χ0) is 13.5. The maximum atomic E-state index is 5.64. The molecule has 4 heterocycles. The second-order valence-corrected chi connectivity index (χ2v) is 5.59. The van der Waals surface area contributed by atoms with E-state index in [1.165, 1.54) is 11.3 Å². The molecule has 3 aromatic rings. The summed E-state index contributed by atoms with van der Waals surface area (Å²) >= 11 is 1.44. The third-order valence-corrected chi connectivity index (χ3v) is 4.22. The number of nitrogens with zero attached hydrogens (tertiary/aromatic N) is 4. The van der Waals surface area contributed by atoms with Gasteiger partial charge in [-0.25, -0.2) is 0 Å². The highest BCUT2D eigenvalue weighted by atomic mass is 32.1. The van der Waals surface area contributed by atoms with Crippen LogP contribution in [0.15, 0.2) is 16.5 Å². The van der Waals surface area contributed by atoms with Crippen LogP contribution in [0.1, 0.15) is 30.5 Å². The lowest BCUT2D eigenvalue weighted by molar-refractivity contribution is 0.103. The van der Waals surface area contributed by atoms with E-state index in [0.29, 0.717) is 12.3 Å². The smallest absolute Gasteiger partial charge is 0.235 e. The molecule has 3 aromatic heterocycles. The molecule has 8 heteroatoms. The molecule has 4 rings (SSSR count). The Kier molecular flexibility index (Phi) is 2.79. The van der Waals surface area contributed by atoms with Gasteiger partial charge in [-0.15, -0.1) is 15.3 Å². The molecule has 1 aliphatic heterocycles. The molecule has 0 amide bonds. The van der Waals surface area contributed by atoms with E-state index >= 15 is 0 Å². The standard InChI is InChI=1S/C12H13N5O2S/c13-6-7-3-4-9(19-7)11-16-17-10(8-2-1-5-18-8)14-15-12(17)20-11/h3-4,8H,1-2,5-6,13H2. The number of hydrogen-bond acceptors (Lipinski definition) is 7. The van der Waals surface area contributed by atoms with E-state index < -0.39 is 0 Å². The molecule has 2 N–H and O–H groups in total. The number of nitrogens with two attached hydrogens (primary N) is 1. The molecule has 20 heavy (non-hydrogen) atoms. The van der Waals surface area contributed by atoms with E-state index in [0.717, 1.165) is 41.0 Å². The van der Waals surface area contributed by atoms with Gasteiger partial charge >= 0.3 is 0 Å². The van der Waals surface area contributed by atoms with Gasteiger partial charge in [0.2, 0.25) is 4.96 Å². The van der Waals surface area contributed by atoms with Crippen molar-refractivity contribution in [2.45, 2.75) is 25.5 Å². The molecule has 0 radical (unpaired) electrons. The summed E-state index contributed by atoms with van der Waals surface area (Å²) in [4.78, 5) is 0.746. The minimum atomic E-state index is -0.00356. The van der Waals surface area contributed by atoms with Gasteiger partial charge in [-0.05, 0) is 25.0 Å². The van der Waals surface area contributed by atoms with E-state index in [9.17, 15) is 0 Å². The van der Waals surface area contributed by atoms with Gasteiger partial charge in [0.25, 0.3) is 0 Å². The molecule has 0 saturated carbocycles. The molecule has 1 saturated heterocycles. The molecular weight excluding hydrogens is 278 g/mol. The van der Waals surface area contributed by atoms with Crippen molar-refractivity contribution in [2.75, 3.05) is 6.61 Å². The van der Waals surface area contributed by atoms with Crippen molar-refractivity contribution in [3.05, 3.63) is 23.7 Å². The number of furan rings is 1. The van der Waals surface area contributed by atoms with Crippen LogP contribution in [0, 0.1) is 0 Å². The lowest BCUT2D eigenvalue weighted by Gasteiger charge is -2.03. The first-order chi connectivity index (χ1) is 9.85. The predicted molar refractivity (Wildman–Crippen MR) is 72.2 cm³/mol. The number of fused-ring (bicyclic) bond motifs is 1. The third kappa shape index (κ3) is 1.84. The van der Waals surface area contributed by atoms with E-state index in [-0.39, 0.29) is 6.10 Å². The summed E-state index contributed by atoms with van der Waals surface area (Å²) in [5, 5.41) is 13.6. The summed E-state index contributed by atoms with van der Waals surface area (Å²) in [5.41, 5.74) is 5.55. The topological polar surface area (TPSA) is 91.5 Å². The molecule has 1 fully saturated rings. The van der Waals surface area contributed by atoms with Crippen molar-refractivity contribution < 1.29 is 9.15 Å². The highest BCUT2D eigenvalue weighted by Gasteiger charge is 2.25. The third-order valence-electron chi connectivity index (χ3n) is 3.31. The number of hydrogen-bond donors (Lipinski definition) is 1. The molecule has 7 nitrogen and oxygen atoms in total. The number of ether oxygens (including phenoxy) is 1. The lowest BCUT2D eigenvalue weighted by Crippen LogP contribution is -2.03. The normalized spacial score (nSPS) is 19.1. The average molecular weight is 291 g/mol. The van der Waals surface area contributed by atoms with Crippen molar-refractivity contribution in [1.82, 2.24) is 19.8 Å². The van der Waals surface area contributed by atoms with Gasteiger partial charge in [0.05, 0.1) is 6.54 Å². The van der Waals surface area contributed by atoms with Gasteiger partial charge in [0.15, 0.2) is 16.6 Å². The summed E-state index contributed by atoms with van der Waals surface area (Å²) in [6.07, 6.45) is 2.01. The number of aromatic nitrogens is 4. The summed E-state index contributed by atoms with van der Waals surface area (Å²) in [5.74, 6) is 2.22. The van der Waals surface area contributed by atoms with Gasteiger partial charge in [0.1, 0.15) is 11.9 Å². The van der Waals surface area contributed by atoms with Gasteiger partial charge in [-0.2, -0.15) is 4.52 Å². The second kappa shape index (κ2) is 4.65. The van der Waals surface area contributed by atoms with Gasteiger partial charge in [0, 0.05) is 6.61 Å². The molecule has 0 spiro atoms. The first kappa shape index (κ1) is 12.0. The molecular formula is C12H13N5O2S. The Bertz CT molecular complexity index is 740. The fourth-order valence-electron chi connectivity index (χ4n) is 2.32. The van der Waals surface area contributed by atoms with Crippen molar-refractivity contribution in [2.24, 2.45) is 5.73 Å². The Labute approximate surface area is 118 Å². The Balaban J connectivity index is 1.75. The maximum absolute atomic E-state index is 5.64. The van der Waals surface area contributed by atoms with Crippen LogP contribution in [0.5, 0.6) is 0 Å². The van der Waals surface area contributed by atoms with Crippen molar-refractivity contribution >= 4 is 16.3 Å². The first-order valence-corrected chi connectivity index (χ1v) is 7.29. The van der Waals surface area contributed by atoms with Crippen LogP contribution in [0.2, 0.25) is 0 Å². The number of rotatable bonds is 3. The van der Waals surface area contributed by atoms with E-state index in [2.05, 4.69) is 15.3 Å². The Hall–Kier alpha value is -1.77. The van der Waals surface area contributed by atoms with Crippen molar-refractivity contribution in [3.8, 4) is 10.8 Å². The summed E-state index contributed by atoms with van der Waals surface area (Å²) in [6.45, 7) is 1.15. The largest absolute Gasteiger partial charge is 0.457 e. The first-order valence-electron chi connectivity index (χ1n) is 6.48. The summed E-state index contributed by atoms with van der Waals surface area (Å²) in [7, 11) is 0. The molecule has 0 aliphatic carbocycles. The fourth-order valence-corrected chi connectivity index (χ4v) is 3.12. The fraction of sp³-hybridized carbons (Fsp3) is 0.417. The van der Waals surface area contributed by atoms with Crippen LogP contribution in [0.4, 0.5) is 0 Å². The molecule has 0 bridgehead atoms. The SMILES string of the molecule is NCc1ccc(-c2nn3c(C4CCCO4)nnc3s2)o1. The minimum Gasteiger partial charge on any atom is -0.457 e. The van der Waals surface area contributed by atoms with Crippen molar-refractivity contribution in [1.29, 1.82) is 0 Å². The van der Waals surface area contributed by atoms with Crippen LogP contribution >= 0.6 is 11.3 Å². The second-order valence-electron chi connectivity index (χ2n) is 4.63. The highest BCUT2D eigenvalue weighted by molar-refractivity contribution is 7.19. The Morgan fingerprint density at radius 2 is 2.35 bits per heavy atom. The zero-order valence-electron chi connectivity index (χ0n) is 10.7. The Morgan fingerprint density at radius 1 is 1.40 bits per heavy atom. The van der Waals surface area contributed by atoms with Gasteiger partial charge < -0.3 is 14.9 Å². The van der Waals surface area contributed by atoms with Gasteiger partial charge in [-0.3, -0.25) is 0 Å². The summed E-state index contributed by atoms with van der Waals surface area (Å²) < 4.78 is 13.0. The molecule has 1 atom stereocenters. The minimum absolute atomic E-state index is 0.00356. The Morgan fingerprint density at radius 3 is 3.10 bits per heavy atom. The molecule has 104 valence electrons. The lowest BCUT2D eigenvalue weighted by atomic mass is 10.2. The quantitative estimate of drug-likeness (QED) is 0.790. The molecule has 1 aliphatic rings. The highest BCUT2D eigenvalue weighted by Crippen LogP contribution is 2.31. The monoisotopic (exact) mass is 291 g/mol. The average Bonchev–Trinajstić information content (AvgIpc) is 3.20. The van der Waals surface area contributed by atoms with E-state index in [1.54, 1.807) is 4.52 Å². The van der Waals surface area contributed by atoms with Crippen LogP contribution in [0.3, 0.4) is 0 Å². The zero-order valence-corrected chi connectivity index (χ0v) is 11.5.